The first-order chi connectivity index (χ1) is 12.6. The molecule has 0 heterocycles. The average molecular weight is 388 g/mol. The van der Waals surface area contributed by atoms with Crippen molar-refractivity contribution < 1.29 is 22.7 Å². The summed E-state index contributed by atoms with van der Waals surface area (Å²) in [6.45, 7) is 7.41. The van der Waals surface area contributed by atoms with Crippen LogP contribution in [0.2, 0.25) is 0 Å². The normalized spacial score (nSPS) is 11.9. The van der Waals surface area contributed by atoms with Gasteiger partial charge in [0.2, 0.25) is 0 Å². The Bertz CT molecular complexity index is 1010. The quantitative estimate of drug-likeness (QED) is 0.245. The molecule has 0 aliphatic rings. The summed E-state index contributed by atoms with van der Waals surface area (Å²) in [6, 6.07) is 9.87. The third kappa shape index (κ3) is 4.62. The predicted molar refractivity (Wildman–Crippen MR) is 105 cm³/mol. The van der Waals surface area contributed by atoms with E-state index >= 15 is 0 Å². The number of nitrogens with zero attached hydrogens (tertiary/aromatic N) is 2. The van der Waals surface area contributed by atoms with Crippen LogP contribution in [-0.4, -0.2) is 30.6 Å². The first-order valence-corrected chi connectivity index (χ1v) is 10.3. The molecule has 2 aromatic rings. The monoisotopic (exact) mass is 388 g/mol. The maximum atomic E-state index is 12.8. The summed E-state index contributed by atoms with van der Waals surface area (Å²) in [5.74, 6) is -0.0307. The molecule has 2 aromatic carbocycles. The van der Waals surface area contributed by atoms with Crippen molar-refractivity contribution >= 4 is 31.4 Å². The third-order valence-corrected chi connectivity index (χ3v) is 5.73. The topological polar surface area (TPSA) is 96.8 Å². The van der Waals surface area contributed by atoms with E-state index in [2.05, 4.69) is 11.7 Å². The number of ketones is 1. The van der Waals surface area contributed by atoms with E-state index in [4.69, 9.17) is 4.74 Å². The Labute approximate surface area is 159 Å². The van der Waals surface area contributed by atoms with Gasteiger partial charge >= 0.3 is 5.04 Å². The van der Waals surface area contributed by atoms with Crippen LogP contribution in [0.25, 0.3) is 16.3 Å². The number of benzene rings is 2. The van der Waals surface area contributed by atoms with E-state index in [9.17, 15) is 18.7 Å². The van der Waals surface area contributed by atoms with Crippen LogP contribution in [-0.2, 0) is 14.6 Å². The Hall–Kier alpha value is -2.50. The van der Waals surface area contributed by atoms with Crippen molar-refractivity contribution in [2.45, 2.75) is 45.4 Å². The summed E-state index contributed by atoms with van der Waals surface area (Å²) in [4.78, 5) is 15.1. The fraction of sp³-hybridized carbons (Fsp3) is 0.400. The van der Waals surface area contributed by atoms with Crippen LogP contribution in [0.1, 0.15) is 40.5 Å². The van der Waals surface area contributed by atoms with Crippen molar-refractivity contribution in [2.75, 3.05) is 6.61 Å². The maximum absolute atomic E-state index is 12.8. The Morgan fingerprint density at radius 3 is 2.33 bits per heavy atom. The zero-order chi connectivity index (χ0) is 20.2. The summed E-state index contributed by atoms with van der Waals surface area (Å²) in [6.07, 6.45) is 2.00. The van der Waals surface area contributed by atoms with E-state index < -0.39 is 26.1 Å². The van der Waals surface area contributed by atoms with Crippen molar-refractivity contribution in [1.82, 2.24) is 0 Å². The highest BCUT2D eigenvalue weighted by Crippen LogP contribution is 2.26. The van der Waals surface area contributed by atoms with Gasteiger partial charge in [-0.05, 0) is 41.5 Å². The number of carbonyl (C=O) groups excluding carboxylic acids is 1. The number of fused-ring (bicyclic) bond motifs is 1. The zero-order valence-corrected chi connectivity index (χ0v) is 16.8. The smallest absolute Gasteiger partial charge is 0.452 e. The van der Waals surface area contributed by atoms with Gasteiger partial charge in [0.25, 0.3) is 15.6 Å². The number of rotatable bonds is 6. The van der Waals surface area contributed by atoms with Gasteiger partial charge in [-0.1, -0.05) is 46.2 Å². The Kier molecular flexibility index (Phi) is 6.19. The fourth-order valence-electron chi connectivity index (χ4n) is 2.45. The van der Waals surface area contributed by atoms with Gasteiger partial charge in [0.1, 0.15) is 5.75 Å². The molecule has 2 rings (SSSR count). The maximum Gasteiger partial charge on any atom is 0.452 e. The summed E-state index contributed by atoms with van der Waals surface area (Å²) >= 11 is 0. The lowest BCUT2D eigenvalue weighted by atomic mass is 9.91. The van der Waals surface area contributed by atoms with E-state index in [0.29, 0.717) is 17.7 Å². The number of hydrogen-bond donors (Lipinski definition) is 0. The molecule has 0 saturated heterocycles. The highest BCUT2D eigenvalue weighted by Gasteiger charge is 2.43. The molecule has 0 fully saturated rings. The zero-order valence-electron chi connectivity index (χ0n) is 16.0. The van der Waals surface area contributed by atoms with E-state index in [1.807, 2.05) is 6.07 Å². The summed E-state index contributed by atoms with van der Waals surface area (Å²) in [5, 5.41) is 0.640. The molecule has 27 heavy (non-hydrogen) atoms. The molecular formula is C20H24N2O4S. The average Bonchev–Trinajstić information content (AvgIpc) is 2.61. The van der Waals surface area contributed by atoms with Crippen LogP contribution in [0.4, 0.5) is 0 Å². The minimum atomic E-state index is -4.23. The largest absolute Gasteiger partial charge is 0.494 e. The molecule has 0 spiro atoms. The first-order valence-electron chi connectivity index (χ1n) is 8.80. The molecule has 0 aliphatic carbocycles. The van der Waals surface area contributed by atoms with Crippen LogP contribution in [0, 0.1) is 5.41 Å². The molecule has 0 atom stereocenters. The first kappa shape index (κ1) is 20.8. The summed E-state index contributed by atoms with van der Waals surface area (Å²) < 4.78 is 31.3. The number of carbonyl (C=O) groups is 1. The van der Waals surface area contributed by atoms with Crippen molar-refractivity contribution in [2.24, 2.45) is 5.41 Å². The van der Waals surface area contributed by atoms with E-state index in [0.717, 1.165) is 18.2 Å². The van der Waals surface area contributed by atoms with Gasteiger partial charge in [0, 0.05) is 5.41 Å². The van der Waals surface area contributed by atoms with Crippen molar-refractivity contribution in [1.29, 1.82) is 0 Å². The second-order valence-corrected chi connectivity index (χ2v) is 9.23. The van der Waals surface area contributed by atoms with Gasteiger partial charge in [-0.15, -0.1) is 4.79 Å². The lowest BCUT2D eigenvalue weighted by Crippen LogP contribution is -2.34. The number of Topliss-reactive ketones (excluding diaryl/α,β-unsaturated/α-hetero) is 1. The number of unbranched alkanes of at least 4 members (excludes halogenated alkanes) is 1. The Morgan fingerprint density at radius 1 is 1.11 bits per heavy atom. The SMILES string of the molecule is CCCCOc1ccc2cc(S(=O)(=O)C(=[N+]=[N-])C(=O)C(C)(C)C)ccc2c1. The molecule has 7 heteroatoms. The molecule has 6 nitrogen and oxygen atoms in total. The molecule has 144 valence electrons. The van der Waals surface area contributed by atoms with Crippen molar-refractivity contribution in [3.05, 3.63) is 41.9 Å². The predicted octanol–water partition coefficient (Wildman–Crippen LogP) is 4.04. The second-order valence-electron chi connectivity index (χ2n) is 7.36. The standard InChI is InChI=1S/C20H24N2O4S/c1-5-6-11-26-16-9-7-15-13-17(10-8-14(15)12-16)27(24,25)19(22-21)18(23)20(2,3)4/h7-10,12-13H,5-6,11H2,1-4H3. The third-order valence-electron chi connectivity index (χ3n) is 4.08. The second kappa shape index (κ2) is 8.03. The molecule has 0 saturated carbocycles. The van der Waals surface area contributed by atoms with Gasteiger partial charge in [0.05, 0.1) is 11.5 Å². The van der Waals surface area contributed by atoms with Crippen LogP contribution in [0.15, 0.2) is 41.3 Å². The van der Waals surface area contributed by atoms with Crippen molar-refractivity contribution in [3.63, 3.8) is 0 Å². The van der Waals surface area contributed by atoms with E-state index in [1.54, 1.807) is 39.0 Å². The molecule has 0 unspecified atom stereocenters. The highest BCUT2D eigenvalue weighted by atomic mass is 32.2. The van der Waals surface area contributed by atoms with Crippen LogP contribution < -0.4 is 4.74 Å². The van der Waals surface area contributed by atoms with Gasteiger partial charge in [-0.25, -0.2) is 8.42 Å². The number of ether oxygens (including phenoxy) is 1. The minimum absolute atomic E-state index is 0.0972. The van der Waals surface area contributed by atoms with Crippen LogP contribution >= 0.6 is 0 Å². The summed E-state index contributed by atoms with van der Waals surface area (Å²) in [7, 11) is -4.23. The van der Waals surface area contributed by atoms with Crippen LogP contribution in [0.3, 0.4) is 0 Å². The highest BCUT2D eigenvalue weighted by molar-refractivity contribution is 8.08. The van der Waals surface area contributed by atoms with Crippen LogP contribution in [0.5, 0.6) is 5.75 Å². The van der Waals surface area contributed by atoms with Crippen molar-refractivity contribution in [3.8, 4) is 5.75 Å². The number of sulfone groups is 1. The number of hydrogen-bond acceptors (Lipinski definition) is 4. The molecule has 0 N–H and O–H groups in total. The minimum Gasteiger partial charge on any atom is -0.494 e. The molecule has 0 aliphatic heterocycles. The molecule has 0 bridgehead atoms. The van der Waals surface area contributed by atoms with Gasteiger partial charge in [0.15, 0.2) is 0 Å². The molecule has 0 amide bonds. The Morgan fingerprint density at radius 2 is 1.74 bits per heavy atom. The van der Waals surface area contributed by atoms with E-state index in [-0.39, 0.29) is 4.90 Å². The molecule has 0 aromatic heterocycles. The molecule has 0 radical (unpaired) electrons. The fourth-order valence-corrected chi connectivity index (χ4v) is 3.86. The lowest BCUT2D eigenvalue weighted by Gasteiger charge is -2.13. The Balaban J connectivity index is 2.42. The lowest BCUT2D eigenvalue weighted by molar-refractivity contribution is -0.123. The van der Waals surface area contributed by atoms with Gasteiger partial charge in [-0.3, -0.25) is 4.79 Å². The molecular weight excluding hydrogens is 364 g/mol. The van der Waals surface area contributed by atoms with Gasteiger partial charge in [-0.2, -0.15) is 0 Å². The summed E-state index contributed by atoms with van der Waals surface area (Å²) in [5.41, 5.74) is 8.19. The van der Waals surface area contributed by atoms with Gasteiger partial charge < -0.3 is 10.3 Å². The van der Waals surface area contributed by atoms with E-state index in [1.165, 1.54) is 12.1 Å².